The van der Waals surface area contributed by atoms with Crippen molar-refractivity contribution in [2.45, 2.75) is 50.1 Å². The van der Waals surface area contributed by atoms with Gasteiger partial charge in [-0.25, -0.2) is 4.39 Å². The molecule has 2 aliphatic rings. The van der Waals surface area contributed by atoms with Gasteiger partial charge in [-0.15, -0.1) is 11.3 Å². The highest BCUT2D eigenvalue weighted by Gasteiger charge is 2.63. The molecule has 39 heavy (non-hydrogen) atoms. The molecule has 2 N–H and O–H groups in total. The van der Waals surface area contributed by atoms with Crippen LogP contribution >= 0.6 is 34.5 Å². The topological polar surface area (TPSA) is 79.8 Å². The number of hydrogen-bond donors (Lipinski definition) is 2. The van der Waals surface area contributed by atoms with Gasteiger partial charge < -0.3 is 15.5 Å². The first-order valence-corrected chi connectivity index (χ1v) is 12.9. The van der Waals surface area contributed by atoms with Crippen LogP contribution in [0, 0.1) is 5.82 Å². The van der Waals surface area contributed by atoms with Gasteiger partial charge in [-0.2, -0.15) is 26.3 Å². The lowest BCUT2D eigenvalue weighted by atomic mass is 9.85. The SMILES string of the molecule is O=C(CNC(=O)c1sc(C2=NOC(c3cc(Cl)c(F)c(Cl)c3)(C(F)(F)F)C2)c2c1CCCC2)NCC(F)(F)F. The highest BCUT2D eigenvalue weighted by molar-refractivity contribution is 7.16. The van der Waals surface area contributed by atoms with E-state index in [1.807, 2.05) is 0 Å². The first kappa shape index (κ1) is 29.4. The van der Waals surface area contributed by atoms with E-state index in [4.69, 9.17) is 28.0 Å². The summed E-state index contributed by atoms with van der Waals surface area (Å²) in [7, 11) is 0. The van der Waals surface area contributed by atoms with Gasteiger partial charge in [-0.05, 0) is 48.9 Å². The van der Waals surface area contributed by atoms with Crippen LogP contribution in [-0.4, -0.2) is 43.0 Å². The molecule has 0 spiro atoms. The Morgan fingerprint density at radius 1 is 1.03 bits per heavy atom. The summed E-state index contributed by atoms with van der Waals surface area (Å²) in [6, 6.07) is 1.53. The van der Waals surface area contributed by atoms with Crippen LogP contribution in [0.5, 0.6) is 0 Å². The van der Waals surface area contributed by atoms with E-state index >= 15 is 0 Å². The van der Waals surface area contributed by atoms with Gasteiger partial charge in [-0.3, -0.25) is 9.59 Å². The quantitative estimate of drug-likeness (QED) is 0.305. The summed E-state index contributed by atoms with van der Waals surface area (Å²) in [6.07, 6.45) is -8.21. The molecule has 212 valence electrons. The normalized spacial score (nSPS) is 19.3. The fraction of sp³-hybridized carbons (Fsp3) is 0.435. The lowest BCUT2D eigenvalue weighted by Gasteiger charge is -2.29. The fourth-order valence-corrected chi connectivity index (χ4v) is 6.14. The Bertz CT molecular complexity index is 1320. The molecule has 2 heterocycles. The first-order valence-electron chi connectivity index (χ1n) is 11.4. The van der Waals surface area contributed by atoms with Crippen LogP contribution in [0.15, 0.2) is 17.3 Å². The van der Waals surface area contributed by atoms with Crippen LogP contribution < -0.4 is 10.6 Å². The third-order valence-electron chi connectivity index (χ3n) is 6.22. The molecule has 0 bridgehead atoms. The van der Waals surface area contributed by atoms with E-state index in [1.54, 1.807) is 5.32 Å². The van der Waals surface area contributed by atoms with Crippen molar-refractivity contribution in [1.82, 2.24) is 10.6 Å². The number of halogens is 9. The van der Waals surface area contributed by atoms with Crippen molar-refractivity contribution in [1.29, 1.82) is 0 Å². The molecule has 0 saturated heterocycles. The average molecular weight is 620 g/mol. The smallest absolute Gasteiger partial charge is 0.374 e. The van der Waals surface area contributed by atoms with Crippen molar-refractivity contribution in [3.8, 4) is 0 Å². The number of oxime groups is 1. The molecule has 2 aromatic rings. The molecule has 1 aliphatic heterocycles. The highest BCUT2D eigenvalue weighted by Crippen LogP contribution is 2.51. The molecule has 1 aliphatic carbocycles. The van der Waals surface area contributed by atoms with Crippen molar-refractivity contribution in [2.24, 2.45) is 5.16 Å². The molecular weight excluding hydrogens is 602 g/mol. The number of hydrogen-bond acceptors (Lipinski definition) is 5. The summed E-state index contributed by atoms with van der Waals surface area (Å²) in [5.74, 6) is -2.91. The van der Waals surface area contributed by atoms with Gasteiger partial charge in [-0.1, -0.05) is 28.4 Å². The summed E-state index contributed by atoms with van der Waals surface area (Å²) in [5, 5.41) is 6.32. The van der Waals surface area contributed by atoms with Crippen LogP contribution in [0.25, 0.3) is 0 Å². The standard InChI is InChI=1S/C23H18Cl2F7N3O3S/c24-13-5-10(6-14(25)17(13)26)21(23(30,31)32)7-15(35-38-21)18-11-3-1-2-4-12(11)19(39-18)20(37)33-8-16(36)34-9-22(27,28)29/h5-6H,1-4,7-9H2,(H,33,37)(H,34,36). The van der Waals surface area contributed by atoms with Crippen LogP contribution in [0.2, 0.25) is 10.0 Å². The van der Waals surface area contributed by atoms with Gasteiger partial charge in [0.2, 0.25) is 5.91 Å². The van der Waals surface area contributed by atoms with Gasteiger partial charge in [0.15, 0.2) is 5.82 Å². The summed E-state index contributed by atoms with van der Waals surface area (Å²) < 4.78 is 94.0. The maximum atomic E-state index is 14.4. The Kier molecular flexibility index (Phi) is 8.12. The number of nitrogens with one attached hydrogen (secondary N) is 2. The first-order chi connectivity index (χ1) is 18.1. The van der Waals surface area contributed by atoms with Gasteiger partial charge in [0, 0.05) is 5.56 Å². The summed E-state index contributed by atoms with van der Waals surface area (Å²) in [4.78, 5) is 29.9. The molecule has 0 saturated carbocycles. The number of fused-ring (bicyclic) bond motifs is 1. The number of amides is 2. The molecule has 0 radical (unpaired) electrons. The zero-order chi connectivity index (χ0) is 28.8. The van der Waals surface area contributed by atoms with Crippen molar-refractivity contribution in [3.05, 3.63) is 54.4 Å². The van der Waals surface area contributed by atoms with Crippen LogP contribution in [0.4, 0.5) is 30.7 Å². The Balaban J connectivity index is 1.61. The molecule has 2 amide bonds. The van der Waals surface area contributed by atoms with Gasteiger partial charge in [0.1, 0.15) is 12.3 Å². The monoisotopic (exact) mass is 619 g/mol. The number of rotatable bonds is 6. The van der Waals surface area contributed by atoms with E-state index < -0.39 is 70.7 Å². The molecule has 6 nitrogen and oxygen atoms in total. The van der Waals surface area contributed by atoms with Crippen molar-refractivity contribution < 1.29 is 45.2 Å². The highest BCUT2D eigenvalue weighted by atomic mass is 35.5. The maximum Gasteiger partial charge on any atom is 0.435 e. The number of carbonyl (C=O) groups is 2. The van der Waals surface area contributed by atoms with Crippen molar-refractivity contribution >= 4 is 52.1 Å². The maximum absolute atomic E-state index is 14.4. The van der Waals surface area contributed by atoms with E-state index in [1.165, 1.54) is 0 Å². The summed E-state index contributed by atoms with van der Waals surface area (Å²) in [6.45, 7) is -2.30. The predicted molar refractivity (Wildman–Crippen MR) is 129 cm³/mol. The second-order valence-electron chi connectivity index (χ2n) is 8.88. The molecule has 1 atom stereocenters. The van der Waals surface area contributed by atoms with Crippen molar-refractivity contribution in [3.63, 3.8) is 0 Å². The molecule has 16 heteroatoms. The minimum atomic E-state index is -5.02. The Morgan fingerprint density at radius 2 is 1.64 bits per heavy atom. The number of alkyl halides is 6. The molecule has 1 unspecified atom stereocenters. The van der Waals surface area contributed by atoms with E-state index in [0.29, 0.717) is 36.8 Å². The number of nitrogens with zero attached hydrogens (tertiary/aromatic N) is 1. The zero-order valence-electron chi connectivity index (χ0n) is 19.6. The van der Waals surface area contributed by atoms with Gasteiger partial charge in [0.25, 0.3) is 11.5 Å². The fourth-order valence-electron chi connectivity index (χ4n) is 4.36. The lowest BCUT2D eigenvalue weighted by molar-refractivity contribution is -0.275. The summed E-state index contributed by atoms with van der Waals surface area (Å²) >= 11 is 12.3. The molecule has 0 fully saturated rings. The zero-order valence-corrected chi connectivity index (χ0v) is 21.9. The molecule has 4 rings (SSSR count). The third-order valence-corrected chi connectivity index (χ3v) is 8.09. The van der Waals surface area contributed by atoms with Crippen LogP contribution in [-0.2, 0) is 28.1 Å². The van der Waals surface area contributed by atoms with E-state index in [2.05, 4.69) is 10.5 Å². The lowest BCUT2D eigenvalue weighted by Crippen LogP contribution is -2.42. The minimum absolute atomic E-state index is 0.103. The Morgan fingerprint density at radius 3 is 2.23 bits per heavy atom. The van der Waals surface area contributed by atoms with Crippen LogP contribution in [0.1, 0.15) is 50.5 Å². The number of thiophene rings is 1. The second kappa shape index (κ2) is 10.8. The van der Waals surface area contributed by atoms with Crippen LogP contribution in [0.3, 0.4) is 0 Å². The molecular formula is C23H18Cl2F7N3O3S. The van der Waals surface area contributed by atoms with Crippen molar-refractivity contribution in [2.75, 3.05) is 13.1 Å². The predicted octanol–water partition coefficient (Wildman–Crippen LogP) is 6.06. The largest absolute Gasteiger partial charge is 0.435 e. The Labute approximate surface area is 230 Å². The van der Waals surface area contributed by atoms with E-state index in [0.717, 1.165) is 23.5 Å². The molecule has 1 aromatic carbocycles. The second-order valence-corrected chi connectivity index (χ2v) is 10.7. The minimum Gasteiger partial charge on any atom is -0.374 e. The van der Waals surface area contributed by atoms with Gasteiger partial charge in [0.05, 0.1) is 32.8 Å². The van der Waals surface area contributed by atoms with E-state index in [9.17, 15) is 40.3 Å². The average Bonchev–Trinajstić information content (AvgIpc) is 3.47. The summed E-state index contributed by atoms with van der Waals surface area (Å²) in [5.41, 5.74) is -2.51. The molecule has 1 aromatic heterocycles. The number of carbonyl (C=O) groups excluding carboxylic acids is 2. The Hall–Kier alpha value is -2.58. The third kappa shape index (κ3) is 5.97. The van der Waals surface area contributed by atoms with E-state index in [-0.39, 0.29) is 15.5 Å². The number of benzene rings is 1. The van der Waals surface area contributed by atoms with Gasteiger partial charge >= 0.3 is 12.4 Å².